The van der Waals surface area contributed by atoms with Crippen molar-refractivity contribution in [3.63, 3.8) is 0 Å². The van der Waals surface area contributed by atoms with Gasteiger partial charge in [-0.05, 0) is 0 Å². The van der Waals surface area contributed by atoms with Crippen LogP contribution in [0.15, 0.2) is 0 Å². The fraction of sp³-hybridized carbons (Fsp3) is 0.800. The maximum atomic E-state index is 11.8. The lowest BCUT2D eigenvalue weighted by atomic mass is 10.1. The van der Waals surface area contributed by atoms with Crippen LogP contribution in [0.5, 0.6) is 0 Å². The molecule has 0 aromatic carbocycles. The second-order valence-corrected chi connectivity index (χ2v) is 4.64. The maximum Gasteiger partial charge on any atom is 0.400 e. The molecule has 14 heavy (non-hydrogen) atoms. The first-order chi connectivity index (χ1) is 5.84. The Morgan fingerprint density at radius 3 is 1.14 bits per heavy atom. The zero-order valence-corrected chi connectivity index (χ0v) is 8.32. The molecule has 0 aliphatic rings. The predicted molar refractivity (Wildman–Crippen MR) is 40.2 cm³/mol. The molecule has 0 bridgehead atoms. The van der Waals surface area contributed by atoms with Crippen LogP contribution in [0.1, 0.15) is 0 Å². The average Bonchev–Trinajstić information content (AvgIpc) is 1.75. The Bertz CT molecular complexity index is 175. The fourth-order valence-corrected chi connectivity index (χ4v) is 0.942. The van der Waals surface area contributed by atoms with Gasteiger partial charge in [-0.15, -0.1) is 0 Å². The highest BCUT2D eigenvalue weighted by Gasteiger charge is 2.58. The second kappa shape index (κ2) is 4.14. The molecule has 0 N–H and O–H groups in total. The molecule has 85 valence electrons. The Morgan fingerprint density at radius 1 is 0.786 bits per heavy atom. The summed E-state index contributed by atoms with van der Waals surface area (Å²) in [6, 6.07) is 0. The quantitative estimate of drug-likeness (QED) is 0.497. The molecule has 0 fully saturated rings. The van der Waals surface area contributed by atoms with Crippen LogP contribution in [0, 0.1) is 12.3 Å². The lowest BCUT2D eigenvalue weighted by Crippen LogP contribution is -2.39. The van der Waals surface area contributed by atoms with Gasteiger partial charge in [0.05, 0.1) is 0 Å². The summed E-state index contributed by atoms with van der Waals surface area (Å²) in [5, 5.41) is 0. The molecule has 0 aliphatic carbocycles. The Balaban J connectivity index is 4.78. The molecule has 0 aromatic heterocycles. The highest BCUT2D eigenvalue weighted by atomic mass is 35.6. The van der Waals surface area contributed by atoms with Crippen molar-refractivity contribution in [1.82, 2.24) is 0 Å². The zero-order chi connectivity index (χ0) is 11.8. The van der Waals surface area contributed by atoms with Crippen molar-refractivity contribution in [1.29, 1.82) is 0 Å². The van der Waals surface area contributed by atoms with E-state index in [-0.39, 0.29) is 0 Å². The minimum atomic E-state index is -5.53. The summed E-state index contributed by atoms with van der Waals surface area (Å²) >= 11 is 14.4. The molecule has 0 heterocycles. The third-order valence-corrected chi connectivity index (χ3v) is 1.44. The van der Waals surface area contributed by atoms with E-state index in [0.29, 0.717) is 0 Å². The van der Waals surface area contributed by atoms with Crippen LogP contribution in [-0.4, -0.2) is 16.1 Å². The van der Waals surface area contributed by atoms with Crippen molar-refractivity contribution in [2.24, 2.45) is 5.92 Å². The largest absolute Gasteiger partial charge is 0.400 e. The van der Waals surface area contributed by atoms with Crippen molar-refractivity contribution in [2.45, 2.75) is 16.1 Å². The van der Waals surface area contributed by atoms with E-state index in [0.717, 1.165) is 0 Å². The number of rotatable bonds is 1. The van der Waals surface area contributed by atoms with Gasteiger partial charge in [-0.2, -0.15) is 26.3 Å². The van der Waals surface area contributed by atoms with Gasteiger partial charge < -0.3 is 0 Å². The first-order valence-electron chi connectivity index (χ1n) is 2.90. The summed E-state index contributed by atoms with van der Waals surface area (Å²) in [6.07, 6.45) is -11.5. The van der Waals surface area contributed by atoms with E-state index >= 15 is 0 Å². The molecule has 0 aliphatic heterocycles. The second-order valence-electron chi connectivity index (χ2n) is 2.27. The molecular weight excluding hydrogens is 280 g/mol. The molecule has 0 unspecified atom stereocenters. The van der Waals surface area contributed by atoms with Crippen molar-refractivity contribution in [3.05, 3.63) is 6.42 Å². The van der Waals surface area contributed by atoms with E-state index in [1.165, 1.54) is 0 Å². The highest BCUT2D eigenvalue weighted by Crippen LogP contribution is 2.46. The van der Waals surface area contributed by atoms with Gasteiger partial charge in [-0.25, -0.2) is 0 Å². The van der Waals surface area contributed by atoms with Crippen LogP contribution < -0.4 is 0 Å². The Morgan fingerprint density at radius 2 is 1.07 bits per heavy atom. The minimum absolute atomic E-state index is 0.433. The summed E-state index contributed by atoms with van der Waals surface area (Å²) in [7, 11) is 0. The van der Waals surface area contributed by atoms with Gasteiger partial charge in [0.1, 0.15) is 0 Å². The van der Waals surface area contributed by atoms with Gasteiger partial charge in [-0.1, -0.05) is 34.8 Å². The van der Waals surface area contributed by atoms with E-state index in [9.17, 15) is 26.3 Å². The van der Waals surface area contributed by atoms with E-state index in [1.54, 1.807) is 0 Å². The van der Waals surface area contributed by atoms with Crippen molar-refractivity contribution in [3.8, 4) is 0 Å². The fourth-order valence-electron chi connectivity index (χ4n) is 0.564. The topological polar surface area (TPSA) is 0 Å². The van der Waals surface area contributed by atoms with E-state index < -0.39 is 28.5 Å². The van der Waals surface area contributed by atoms with Crippen LogP contribution in [0.25, 0.3) is 0 Å². The first-order valence-corrected chi connectivity index (χ1v) is 4.03. The van der Waals surface area contributed by atoms with Crippen LogP contribution in [-0.2, 0) is 0 Å². The molecule has 1 radical (unpaired) electrons. The number of halogens is 9. The van der Waals surface area contributed by atoms with Crippen LogP contribution >= 0.6 is 34.8 Å². The lowest BCUT2D eigenvalue weighted by Gasteiger charge is -2.25. The number of alkyl halides is 9. The molecule has 0 rings (SSSR count). The summed E-state index contributed by atoms with van der Waals surface area (Å²) in [4.78, 5) is 0. The summed E-state index contributed by atoms with van der Waals surface area (Å²) in [5.41, 5.74) is 0. The monoisotopic (exact) mass is 281 g/mol. The van der Waals surface area contributed by atoms with Gasteiger partial charge in [-0.3, -0.25) is 0 Å². The molecule has 0 saturated heterocycles. The third-order valence-electron chi connectivity index (χ3n) is 1.06. The van der Waals surface area contributed by atoms with Crippen molar-refractivity contribution >= 4 is 34.8 Å². The van der Waals surface area contributed by atoms with E-state index in [4.69, 9.17) is 34.8 Å². The SMILES string of the molecule is FC(F)(F)C([CH]C(Cl)(Cl)Cl)C(F)(F)F. The molecule has 0 saturated carbocycles. The van der Waals surface area contributed by atoms with E-state index in [2.05, 4.69) is 0 Å². The Hall–Kier alpha value is 0.450. The number of hydrogen-bond acceptors (Lipinski definition) is 0. The molecule has 0 atom stereocenters. The predicted octanol–water partition coefficient (Wildman–Crippen LogP) is 4.30. The third kappa shape index (κ3) is 5.36. The Labute approximate surface area is 90.1 Å². The van der Waals surface area contributed by atoms with Crippen LogP contribution in [0.3, 0.4) is 0 Å². The summed E-state index contributed by atoms with van der Waals surface area (Å²) in [6.45, 7) is 0. The zero-order valence-electron chi connectivity index (χ0n) is 6.06. The van der Waals surface area contributed by atoms with Crippen molar-refractivity contribution in [2.75, 3.05) is 0 Å². The standard InChI is InChI=1S/C5H2Cl3F6/c6-3(7,8)1-2(4(9,10)11)5(12,13)14/h1-2H. The first kappa shape index (κ1) is 14.5. The molecule has 0 amide bonds. The summed E-state index contributed by atoms with van der Waals surface area (Å²) < 4.78 is 68.2. The van der Waals surface area contributed by atoms with Crippen molar-refractivity contribution < 1.29 is 26.3 Å². The lowest BCUT2D eigenvalue weighted by molar-refractivity contribution is -0.273. The minimum Gasteiger partial charge on any atom is -0.170 e. The molecular formula is C5H2Cl3F6. The van der Waals surface area contributed by atoms with Crippen LogP contribution in [0.4, 0.5) is 26.3 Å². The number of hydrogen-bond donors (Lipinski definition) is 0. The van der Waals surface area contributed by atoms with Gasteiger partial charge in [0.2, 0.25) is 0 Å². The molecule has 0 spiro atoms. The maximum absolute atomic E-state index is 11.8. The normalized spacial score (nSPS) is 15.0. The average molecular weight is 282 g/mol. The molecule has 9 heteroatoms. The van der Waals surface area contributed by atoms with E-state index in [1.807, 2.05) is 0 Å². The molecule has 0 nitrogen and oxygen atoms in total. The van der Waals surface area contributed by atoms with Gasteiger partial charge in [0.15, 0.2) is 9.71 Å². The van der Waals surface area contributed by atoms with Gasteiger partial charge in [0, 0.05) is 6.42 Å². The molecule has 0 aromatic rings. The van der Waals surface area contributed by atoms with Gasteiger partial charge >= 0.3 is 12.4 Å². The summed E-state index contributed by atoms with van der Waals surface area (Å²) in [5.74, 6) is -3.75. The smallest absolute Gasteiger partial charge is 0.170 e. The Kier molecular flexibility index (Phi) is 4.27. The van der Waals surface area contributed by atoms with Crippen LogP contribution in [0.2, 0.25) is 0 Å². The van der Waals surface area contributed by atoms with Gasteiger partial charge in [0.25, 0.3) is 0 Å². The highest BCUT2D eigenvalue weighted by molar-refractivity contribution is 6.68.